The van der Waals surface area contributed by atoms with Gasteiger partial charge >= 0.3 is 0 Å². The number of aromatic nitrogens is 1. The molecule has 0 aliphatic carbocycles. The third kappa shape index (κ3) is 1.53. The summed E-state index contributed by atoms with van der Waals surface area (Å²) in [4.78, 5) is 4.11. The predicted octanol–water partition coefficient (Wildman–Crippen LogP) is 1.25. The van der Waals surface area contributed by atoms with Gasteiger partial charge in [-0.25, -0.2) is 4.98 Å². The molecule has 5 heteroatoms. The van der Waals surface area contributed by atoms with Crippen molar-refractivity contribution < 1.29 is 9.62 Å². The van der Waals surface area contributed by atoms with Gasteiger partial charge in [0.15, 0.2) is 0 Å². The van der Waals surface area contributed by atoms with Gasteiger partial charge in [-0.1, -0.05) is 5.16 Å². The summed E-state index contributed by atoms with van der Waals surface area (Å²) in [5, 5.41) is 10.8. The summed E-state index contributed by atoms with van der Waals surface area (Å²) < 4.78 is 4.72. The average Bonchev–Trinajstić information content (AvgIpc) is 2.17. The molecule has 0 unspecified atom stereocenters. The molecule has 1 aromatic rings. The Kier molecular flexibility index (Phi) is 1.84. The Hall–Kier alpha value is -0.840. The standard InChI is InChI=1S/C4H3BrN2O2/c5-4-7-3(1-6-8)2-9-4/h1-2,8H. The van der Waals surface area contributed by atoms with E-state index < -0.39 is 0 Å². The molecular formula is C4H3BrN2O2. The quantitative estimate of drug-likeness (QED) is 0.412. The third-order valence-corrected chi connectivity index (χ3v) is 1.05. The van der Waals surface area contributed by atoms with Gasteiger partial charge in [-0.15, -0.1) is 0 Å². The van der Waals surface area contributed by atoms with Crippen molar-refractivity contribution in [3.8, 4) is 0 Å². The van der Waals surface area contributed by atoms with Crippen LogP contribution in [0.4, 0.5) is 0 Å². The van der Waals surface area contributed by atoms with Crippen LogP contribution in [0.15, 0.2) is 20.6 Å². The molecule has 0 bridgehead atoms. The van der Waals surface area contributed by atoms with Crippen LogP contribution in [0.2, 0.25) is 0 Å². The normalized spacial score (nSPS) is 10.8. The second kappa shape index (κ2) is 2.63. The summed E-state index contributed by atoms with van der Waals surface area (Å²) in [6.07, 6.45) is 2.54. The fourth-order valence-corrected chi connectivity index (χ4v) is 0.680. The summed E-state index contributed by atoms with van der Waals surface area (Å²) in [5.41, 5.74) is 0.476. The van der Waals surface area contributed by atoms with Crippen molar-refractivity contribution >= 4 is 22.1 Å². The number of halogens is 1. The van der Waals surface area contributed by atoms with Gasteiger partial charge in [0.2, 0.25) is 0 Å². The van der Waals surface area contributed by atoms with Crippen molar-refractivity contribution in [1.29, 1.82) is 0 Å². The number of oxime groups is 1. The number of hydrogen-bond donors (Lipinski definition) is 1. The molecule has 1 rings (SSSR count). The SMILES string of the molecule is ON=Cc1coc(Br)n1. The molecule has 1 N–H and O–H groups in total. The molecule has 0 atom stereocenters. The second-order valence-electron chi connectivity index (χ2n) is 1.27. The zero-order chi connectivity index (χ0) is 6.69. The molecule has 0 spiro atoms. The summed E-state index contributed by atoms with van der Waals surface area (Å²) in [6.45, 7) is 0. The van der Waals surface area contributed by atoms with Gasteiger partial charge in [0, 0.05) is 15.9 Å². The van der Waals surface area contributed by atoms with E-state index in [2.05, 4.69) is 26.1 Å². The van der Waals surface area contributed by atoms with E-state index in [-0.39, 0.29) is 0 Å². The van der Waals surface area contributed by atoms with Crippen molar-refractivity contribution in [1.82, 2.24) is 4.98 Å². The lowest BCUT2D eigenvalue weighted by Crippen LogP contribution is -1.77. The van der Waals surface area contributed by atoms with E-state index in [1.807, 2.05) is 0 Å². The summed E-state index contributed by atoms with van der Waals surface area (Å²) in [7, 11) is 0. The van der Waals surface area contributed by atoms with E-state index in [4.69, 9.17) is 9.62 Å². The average molecular weight is 191 g/mol. The van der Waals surface area contributed by atoms with E-state index >= 15 is 0 Å². The molecule has 4 nitrogen and oxygen atoms in total. The highest BCUT2D eigenvalue weighted by Gasteiger charge is 1.94. The van der Waals surface area contributed by atoms with Crippen molar-refractivity contribution in [3.63, 3.8) is 0 Å². The maximum Gasteiger partial charge on any atom is 0.264 e. The first kappa shape index (κ1) is 6.28. The Labute approximate surface area is 59.3 Å². The first-order valence-electron chi connectivity index (χ1n) is 2.11. The monoisotopic (exact) mass is 190 g/mol. The van der Waals surface area contributed by atoms with Crippen molar-refractivity contribution in [3.05, 3.63) is 16.8 Å². The first-order chi connectivity index (χ1) is 4.33. The van der Waals surface area contributed by atoms with Gasteiger partial charge in [-0.05, 0) is 0 Å². The fourth-order valence-electron chi connectivity index (χ4n) is 0.382. The molecular weight excluding hydrogens is 188 g/mol. The van der Waals surface area contributed by atoms with Crippen LogP contribution in [-0.4, -0.2) is 16.4 Å². The topological polar surface area (TPSA) is 58.6 Å². The Morgan fingerprint density at radius 2 is 2.67 bits per heavy atom. The van der Waals surface area contributed by atoms with Crippen LogP contribution in [0.25, 0.3) is 0 Å². The highest BCUT2D eigenvalue weighted by Crippen LogP contribution is 2.06. The van der Waals surface area contributed by atoms with Gasteiger partial charge in [0.25, 0.3) is 4.80 Å². The second-order valence-corrected chi connectivity index (χ2v) is 1.95. The maximum atomic E-state index is 8.00. The minimum Gasteiger partial charge on any atom is -0.439 e. The lowest BCUT2D eigenvalue weighted by molar-refractivity contribution is 0.321. The Morgan fingerprint density at radius 1 is 1.89 bits per heavy atom. The highest BCUT2D eigenvalue weighted by atomic mass is 79.9. The van der Waals surface area contributed by atoms with Crippen molar-refractivity contribution in [2.45, 2.75) is 0 Å². The molecule has 0 aliphatic rings. The molecule has 0 amide bonds. The minimum atomic E-state index is 0.373. The van der Waals surface area contributed by atoms with Gasteiger partial charge in [-0.3, -0.25) is 0 Å². The molecule has 0 aliphatic heterocycles. The fraction of sp³-hybridized carbons (Fsp3) is 0. The van der Waals surface area contributed by atoms with Gasteiger partial charge in [0.1, 0.15) is 12.0 Å². The minimum absolute atomic E-state index is 0.373. The molecule has 48 valence electrons. The Balaban J connectivity index is 2.85. The lowest BCUT2D eigenvalue weighted by atomic mass is 10.5. The van der Waals surface area contributed by atoms with Crippen LogP contribution < -0.4 is 0 Å². The summed E-state index contributed by atoms with van der Waals surface area (Å²) in [6, 6.07) is 0. The van der Waals surface area contributed by atoms with Crippen molar-refractivity contribution in [2.75, 3.05) is 0 Å². The van der Waals surface area contributed by atoms with Gasteiger partial charge < -0.3 is 9.62 Å². The first-order valence-corrected chi connectivity index (χ1v) is 2.90. The molecule has 9 heavy (non-hydrogen) atoms. The van der Waals surface area contributed by atoms with E-state index in [0.29, 0.717) is 10.5 Å². The predicted molar refractivity (Wildman–Crippen MR) is 33.6 cm³/mol. The number of rotatable bonds is 1. The van der Waals surface area contributed by atoms with E-state index in [9.17, 15) is 0 Å². The van der Waals surface area contributed by atoms with Gasteiger partial charge in [-0.2, -0.15) is 0 Å². The molecule has 0 saturated carbocycles. The summed E-state index contributed by atoms with van der Waals surface area (Å²) in [5.74, 6) is 0. The van der Waals surface area contributed by atoms with Crippen LogP contribution in [0.1, 0.15) is 5.69 Å². The molecule has 1 aromatic heterocycles. The molecule has 0 fully saturated rings. The van der Waals surface area contributed by atoms with Crippen LogP contribution in [0.3, 0.4) is 0 Å². The largest absolute Gasteiger partial charge is 0.439 e. The van der Waals surface area contributed by atoms with Crippen LogP contribution in [0.5, 0.6) is 0 Å². The number of hydrogen-bond acceptors (Lipinski definition) is 4. The zero-order valence-corrected chi connectivity index (χ0v) is 5.87. The molecule has 0 saturated heterocycles. The van der Waals surface area contributed by atoms with Crippen LogP contribution >= 0.6 is 15.9 Å². The smallest absolute Gasteiger partial charge is 0.264 e. The van der Waals surface area contributed by atoms with Crippen LogP contribution in [0, 0.1) is 0 Å². The van der Waals surface area contributed by atoms with Crippen molar-refractivity contribution in [2.24, 2.45) is 5.16 Å². The number of oxazole rings is 1. The zero-order valence-electron chi connectivity index (χ0n) is 4.28. The van der Waals surface area contributed by atoms with E-state index in [1.54, 1.807) is 0 Å². The van der Waals surface area contributed by atoms with E-state index in [0.717, 1.165) is 0 Å². The van der Waals surface area contributed by atoms with Gasteiger partial charge in [0.05, 0.1) is 6.21 Å². The third-order valence-electron chi connectivity index (χ3n) is 0.684. The maximum absolute atomic E-state index is 8.00. The molecule has 0 radical (unpaired) electrons. The van der Waals surface area contributed by atoms with Crippen LogP contribution in [-0.2, 0) is 0 Å². The Bertz CT molecular complexity index is 220. The Morgan fingerprint density at radius 3 is 3.11 bits per heavy atom. The summed E-state index contributed by atoms with van der Waals surface area (Å²) >= 11 is 2.98. The lowest BCUT2D eigenvalue weighted by Gasteiger charge is -1.71. The molecule has 1 heterocycles. The van der Waals surface area contributed by atoms with E-state index in [1.165, 1.54) is 12.5 Å². The molecule has 0 aromatic carbocycles. The number of nitrogens with zero attached hydrogens (tertiary/aromatic N) is 2. The highest BCUT2D eigenvalue weighted by molar-refractivity contribution is 9.10.